The van der Waals surface area contributed by atoms with Gasteiger partial charge in [-0.1, -0.05) is 18.2 Å². The Morgan fingerprint density at radius 3 is 2.79 bits per heavy atom. The molecule has 2 saturated carbocycles. The van der Waals surface area contributed by atoms with E-state index < -0.39 is 5.97 Å². The van der Waals surface area contributed by atoms with Crippen molar-refractivity contribution in [1.82, 2.24) is 4.98 Å². The second kappa shape index (κ2) is 6.76. The van der Waals surface area contributed by atoms with E-state index >= 15 is 0 Å². The van der Waals surface area contributed by atoms with Gasteiger partial charge in [-0.25, -0.2) is 4.39 Å². The second-order valence-corrected chi connectivity index (χ2v) is 8.11. The van der Waals surface area contributed by atoms with Crippen LogP contribution in [-0.2, 0) is 17.8 Å². The maximum absolute atomic E-state index is 14.4. The van der Waals surface area contributed by atoms with Gasteiger partial charge in [-0.2, -0.15) is 4.98 Å². The predicted octanol–water partition coefficient (Wildman–Crippen LogP) is 3.90. The van der Waals surface area contributed by atoms with Gasteiger partial charge >= 0.3 is 5.97 Å². The first-order chi connectivity index (χ1) is 13.6. The molecule has 2 atom stereocenters. The van der Waals surface area contributed by atoms with Crippen molar-refractivity contribution in [3.63, 3.8) is 0 Å². The smallest absolute Gasteiger partial charge is 0.307 e. The van der Waals surface area contributed by atoms with Gasteiger partial charge < -0.3 is 14.7 Å². The topological polar surface area (TPSA) is 62.7 Å². The fraction of sp³-hybridized carbons (Fsp3) is 0.455. The molecule has 146 valence electrons. The number of nitrogens with zero attached hydrogens (tertiary/aromatic N) is 2. The normalized spacial score (nSPS) is 23.7. The fourth-order valence-corrected chi connectivity index (χ4v) is 4.18. The summed E-state index contributed by atoms with van der Waals surface area (Å²) < 4.78 is 20.3. The van der Waals surface area contributed by atoms with Gasteiger partial charge in [-0.15, -0.1) is 0 Å². The lowest BCUT2D eigenvalue weighted by molar-refractivity contribution is -0.138. The zero-order valence-electron chi connectivity index (χ0n) is 15.6. The zero-order chi connectivity index (χ0) is 19.3. The minimum absolute atomic E-state index is 0.139. The second-order valence-electron chi connectivity index (χ2n) is 8.11. The largest absolute Gasteiger partial charge is 0.481 e. The SMILES string of the molecule is O=C(O)[C@@H]1CC1c1ccc2c(c1)CCN(c1nc(OC3CCC3)ccc1F)C2. The van der Waals surface area contributed by atoms with Gasteiger partial charge in [0, 0.05) is 19.2 Å². The Balaban J connectivity index is 1.33. The first kappa shape index (κ1) is 17.5. The molecule has 1 N–H and O–H groups in total. The highest BCUT2D eigenvalue weighted by Crippen LogP contribution is 2.48. The van der Waals surface area contributed by atoms with Gasteiger partial charge in [0.15, 0.2) is 11.6 Å². The molecule has 0 spiro atoms. The molecule has 1 aromatic heterocycles. The van der Waals surface area contributed by atoms with Crippen LogP contribution in [0.4, 0.5) is 10.2 Å². The van der Waals surface area contributed by atoms with Crippen LogP contribution in [0.5, 0.6) is 5.88 Å². The quantitative estimate of drug-likeness (QED) is 0.850. The molecule has 1 aliphatic heterocycles. The Morgan fingerprint density at radius 1 is 1.21 bits per heavy atom. The number of ether oxygens (including phenoxy) is 1. The Hall–Kier alpha value is -2.63. The van der Waals surface area contributed by atoms with Crippen LogP contribution in [0.1, 0.15) is 48.3 Å². The van der Waals surface area contributed by atoms with Crippen molar-refractivity contribution in [2.45, 2.75) is 50.7 Å². The number of aliphatic carboxylic acids is 1. The van der Waals surface area contributed by atoms with Crippen LogP contribution in [0.2, 0.25) is 0 Å². The Labute approximate surface area is 163 Å². The third-order valence-electron chi connectivity index (χ3n) is 6.22. The zero-order valence-corrected chi connectivity index (χ0v) is 15.6. The van der Waals surface area contributed by atoms with Crippen molar-refractivity contribution in [3.8, 4) is 5.88 Å². The van der Waals surface area contributed by atoms with Crippen molar-refractivity contribution in [2.24, 2.45) is 5.92 Å². The van der Waals surface area contributed by atoms with Gasteiger partial charge in [0.2, 0.25) is 5.88 Å². The molecule has 0 saturated heterocycles. The number of fused-ring (bicyclic) bond motifs is 1. The lowest BCUT2D eigenvalue weighted by atomic mass is 9.95. The molecule has 1 unspecified atom stereocenters. The van der Waals surface area contributed by atoms with Crippen molar-refractivity contribution < 1.29 is 19.0 Å². The number of halogens is 1. The number of carboxylic acid groups (broad SMARTS) is 1. The minimum atomic E-state index is -0.709. The van der Waals surface area contributed by atoms with E-state index in [1.165, 1.54) is 18.1 Å². The van der Waals surface area contributed by atoms with Crippen molar-refractivity contribution in [1.29, 1.82) is 0 Å². The molecule has 3 aliphatic rings. The summed E-state index contributed by atoms with van der Waals surface area (Å²) in [6.07, 6.45) is 4.99. The summed E-state index contributed by atoms with van der Waals surface area (Å²) in [6, 6.07) is 9.26. The highest BCUT2D eigenvalue weighted by Gasteiger charge is 2.44. The summed E-state index contributed by atoms with van der Waals surface area (Å²) in [5.41, 5.74) is 3.49. The van der Waals surface area contributed by atoms with E-state index in [0.29, 0.717) is 24.8 Å². The highest BCUT2D eigenvalue weighted by molar-refractivity contribution is 5.75. The summed E-state index contributed by atoms with van der Waals surface area (Å²) in [5.74, 6) is -0.298. The molecule has 0 radical (unpaired) electrons. The fourth-order valence-electron chi connectivity index (χ4n) is 4.18. The number of pyridine rings is 1. The average molecular weight is 382 g/mol. The van der Waals surface area contributed by atoms with Gasteiger partial charge in [0.25, 0.3) is 0 Å². The first-order valence-corrected chi connectivity index (χ1v) is 10.0. The summed E-state index contributed by atoms with van der Waals surface area (Å²) in [7, 11) is 0. The van der Waals surface area contributed by atoms with Crippen molar-refractivity contribution in [2.75, 3.05) is 11.4 Å². The van der Waals surface area contributed by atoms with Crippen LogP contribution in [0.25, 0.3) is 0 Å². The lowest BCUT2D eigenvalue weighted by Gasteiger charge is -2.31. The molecule has 0 bridgehead atoms. The van der Waals surface area contributed by atoms with Gasteiger partial charge in [-0.05, 0) is 60.8 Å². The number of anilines is 1. The minimum Gasteiger partial charge on any atom is -0.481 e. The van der Waals surface area contributed by atoms with E-state index in [-0.39, 0.29) is 23.8 Å². The maximum Gasteiger partial charge on any atom is 0.307 e. The van der Waals surface area contributed by atoms with E-state index in [0.717, 1.165) is 36.8 Å². The first-order valence-electron chi connectivity index (χ1n) is 10.0. The monoisotopic (exact) mass is 382 g/mol. The number of aromatic nitrogens is 1. The molecule has 2 heterocycles. The van der Waals surface area contributed by atoms with Gasteiger partial charge in [-0.3, -0.25) is 4.79 Å². The number of carbonyl (C=O) groups is 1. The lowest BCUT2D eigenvalue weighted by Crippen LogP contribution is -2.32. The Kier molecular flexibility index (Phi) is 4.22. The molecular weight excluding hydrogens is 359 g/mol. The van der Waals surface area contributed by atoms with Crippen LogP contribution < -0.4 is 9.64 Å². The average Bonchev–Trinajstić information content (AvgIpc) is 3.46. The van der Waals surface area contributed by atoms with Crippen LogP contribution in [0, 0.1) is 11.7 Å². The predicted molar refractivity (Wildman–Crippen MR) is 102 cm³/mol. The molecule has 6 heteroatoms. The van der Waals surface area contributed by atoms with E-state index in [1.807, 2.05) is 11.0 Å². The van der Waals surface area contributed by atoms with E-state index in [4.69, 9.17) is 9.84 Å². The van der Waals surface area contributed by atoms with E-state index in [2.05, 4.69) is 17.1 Å². The van der Waals surface area contributed by atoms with Crippen LogP contribution >= 0.6 is 0 Å². The number of hydrogen-bond donors (Lipinski definition) is 1. The summed E-state index contributed by atoms with van der Waals surface area (Å²) in [6.45, 7) is 1.28. The molecule has 1 aromatic carbocycles. The van der Waals surface area contributed by atoms with Gasteiger partial charge in [0.1, 0.15) is 6.10 Å². The summed E-state index contributed by atoms with van der Waals surface area (Å²) >= 11 is 0. The maximum atomic E-state index is 14.4. The molecule has 2 aromatic rings. The summed E-state index contributed by atoms with van der Waals surface area (Å²) in [4.78, 5) is 17.5. The molecule has 5 nitrogen and oxygen atoms in total. The standard InChI is InChI=1S/C22H23FN2O3/c23-19-6-7-20(28-16-2-1-3-16)24-21(19)25-9-8-13-10-14(4-5-15(13)12-25)17-11-18(17)22(26)27/h4-7,10,16-18H,1-3,8-9,11-12H2,(H,26,27)/t17?,18-/m1/s1. The summed E-state index contributed by atoms with van der Waals surface area (Å²) in [5, 5.41) is 9.15. The third kappa shape index (κ3) is 3.21. The van der Waals surface area contributed by atoms with Crippen molar-refractivity contribution in [3.05, 3.63) is 52.8 Å². The van der Waals surface area contributed by atoms with Gasteiger partial charge in [0.05, 0.1) is 5.92 Å². The van der Waals surface area contributed by atoms with Crippen LogP contribution in [-0.4, -0.2) is 28.7 Å². The molecule has 5 rings (SSSR count). The Bertz CT molecular complexity index is 928. The number of rotatable bonds is 5. The van der Waals surface area contributed by atoms with Crippen molar-refractivity contribution >= 4 is 11.8 Å². The molecule has 2 fully saturated rings. The third-order valence-corrected chi connectivity index (χ3v) is 6.22. The number of carboxylic acids is 1. The number of hydrogen-bond acceptors (Lipinski definition) is 4. The Morgan fingerprint density at radius 2 is 2.07 bits per heavy atom. The van der Waals surface area contributed by atoms with Crippen LogP contribution in [0.15, 0.2) is 30.3 Å². The van der Waals surface area contributed by atoms with Crippen LogP contribution in [0.3, 0.4) is 0 Å². The number of benzene rings is 1. The molecule has 2 aliphatic carbocycles. The molecule has 28 heavy (non-hydrogen) atoms. The van der Waals surface area contributed by atoms with E-state index in [9.17, 15) is 9.18 Å². The van der Waals surface area contributed by atoms with E-state index in [1.54, 1.807) is 6.07 Å². The molecular formula is C22H23FN2O3. The molecule has 0 amide bonds. The highest BCUT2D eigenvalue weighted by atomic mass is 19.1.